The highest BCUT2D eigenvalue weighted by molar-refractivity contribution is 7.14. The quantitative estimate of drug-likeness (QED) is 0.404. The fourth-order valence-electron chi connectivity index (χ4n) is 2.23. The molecule has 3 aromatic rings. The van der Waals surface area contributed by atoms with Crippen LogP contribution in [-0.4, -0.2) is 17.8 Å². The first-order valence-electron chi connectivity index (χ1n) is 8.34. The fourth-order valence-corrected chi connectivity index (χ4v) is 3.08. The van der Waals surface area contributed by atoms with Gasteiger partial charge in [-0.1, -0.05) is 55.8 Å². The summed E-state index contributed by atoms with van der Waals surface area (Å²) < 4.78 is 5.83. The summed E-state index contributed by atoms with van der Waals surface area (Å²) >= 11 is 7.61. The number of benzene rings is 2. The molecule has 1 N–H and O–H groups in total. The Morgan fingerprint density at radius 3 is 2.81 bits per heavy atom. The highest BCUT2D eigenvalue weighted by Gasteiger charge is 2.05. The highest BCUT2D eigenvalue weighted by Crippen LogP contribution is 2.25. The molecule has 3 rings (SSSR count). The summed E-state index contributed by atoms with van der Waals surface area (Å²) in [6.07, 6.45) is 1.70. The molecule has 0 atom stereocenters. The van der Waals surface area contributed by atoms with Crippen molar-refractivity contribution in [2.24, 2.45) is 11.0 Å². The highest BCUT2D eigenvalue weighted by atomic mass is 35.5. The van der Waals surface area contributed by atoms with E-state index in [4.69, 9.17) is 16.3 Å². The van der Waals surface area contributed by atoms with Crippen molar-refractivity contribution in [3.63, 3.8) is 0 Å². The van der Waals surface area contributed by atoms with Crippen LogP contribution in [0.4, 0.5) is 5.13 Å². The molecule has 0 aliphatic heterocycles. The van der Waals surface area contributed by atoms with E-state index in [0.29, 0.717) is 17.5 Å². The number of hydrogen-bond donors (Lipinski definition) is 1. The zero-order chi connectivity index (χ0) is 18.4. The average Bonchev–Trinajstić information content (AvgIpc) is 3.10. The molecule has 26 heavy (non-hydrogen) atoms. The maximum atomic E-state index is 6.10. The molecule has 0 radical (unpaired) electrons. The Bertz CT molecular complexity index is 878. The van der Waals surface area contributed by atoms with Gasteiger partial charge in [0, 0.05) is 21.5 Å². The molecule has 0 unspecified atom stereocenters. The van der Waals surface area contributed by atoms with E-state index in [9.17, 15) is 0 Å². The summed E-state index contributed by atoms with van der Waals surface area (Å²) in [6.45, 7) is 4.86. The minimum atomic E-state index is 0.445. The number of thiazole rings is 1. The van der Waals surface area contributed by atoms with Crippen molar-refractivity contribution < 1.29 is 4.74 Å². The third-order valence-electron chi connectivity index (χ3n) is 3.48. The van der Waals surface area contributed by atoms with Crippen LogP contribution in [0.3, 0.4) is 0 Å². The Hall–Kier alpha value is -2.37. The predicted octanol–water partition coefficient (Wildman–Crippen LogP) is 5.94. The second-order valence-corrected chi connectivity index (χ2v) is 7.46. The summed E-state index contributed by atoms with van der Waals surface area (Å²) in [7, 11) is 0. The number of rotatable bonds is 7. The van der Waals surface area contributed by atoms with E-state index >= 15 is 0 Å². The maximum absolute atomic E-state index is 6.10. The summed E-state index contributed by atoms with van der Waals surface area (Å²) in [4.78, 5) is 4.55. The van der Waals surface area contributed by atoms with Crippen molar-refractivity contribution in [1.29, 1.82) is 0 Å². The van der Waals surface area contributed by atoms with Crippen LogP contribution >= 0.6 is 22.9 Å². The van der Waals surface area contributed by atoms with Crippen molar-refractivity contribution >= 4 is 34.3 Å². The monoisotopic (exact) mass is 385 g/mol. The molecule has 4 nitrogen and oxygen atoms in total. The number of anilines is 1. The van der Waals surface area contributed by atoms with Crippen molar-refractivity contribution in [3.8, 4) is 17.0 Å². The molecule has 0 fully saturated rings. The van der Waals surface area contributed by atoms with Gasteiger partial charge >= 0.3 is 0 Å². The molecule has 0 saturated carbocycles. The SMILES string of the molecule is CC(C)COc1ccc(Cl)cc1C=NNc1nc(-c2ccccc2)cs1. The number of nitrogens with one attached hydrogen (secondary N) is 1. The minimum absolute atomic E-state index is 0.445. The van der Waals surface area contributed by atoms with Crippen LogP contribution in [0.25, 0.3) is 11.3 Å². The molecule has 134 valence electrons. The van der Waals surface area contributed by atoms with Crippen LogP contribution in [-0.2, 0) is 0 Å². The first kappa shape index (κ1) is 18.4. The first-order valence-corrected chi connectivity index (χ1v) is 9.60. The van der Waals surface area contributed by atoms with Gasteiger partial charge in [0.2, 0.25) is 5.13 Å². The van der Waals surface area contributed by atoms with Gasteiger partial charge in [0.05, 0.1) is 18.5 Å². The molecule has 2 aromatic carbocycles. The lowest BCUT2D eigenvalue weighted by molar-refractivity contribution is 0.271. The molecule has 6 heteroatoms. The van der Waals surface area contributed by atoms with Crippen molar-refractivity contribution in [2.75, 3.05) is 12.0 Å². The van der Waals surface area contributed by atoms with Gasteiger partial charge in [0.25, 0.3) is 0 Å². The normalized spacial score (nSPS) is 11.2. The van der Waals surface area contributed by atoms with Gasteiger partial charge in [-0.3, -0.25) is 5.43 Å². The molecule has 0 aliphatic rings. The number of ether oxygens (including phenoxy) is 1. The standard InChI is InChI=1S/C20H20ClN3OS/c1-14(2)12-25-19-9-8-17(21)10-16(19)11-22-24-20-23-18(13-26-20)15-6-4-3-5-7-15/h3-11,13-14H,12H2,1-2H3,(H,23,24). The van der Waals surface area contributed by atoms with Crippen LogP contribution in [0.2, 0.25) is 5.02 Å². The van der Waals surface area contributed by atoms with Gasteiger partial charge < -0.3 is 4.74 Å². The van der Waals surface area contributed by atoms with Crippen LogP contribution in [0.5, 0.6) is 5.75 Å². The topological polar surface area (TPSA) is 46.5 Å². The van der Waals surface area contributed by atoms with E-state index in [1.54, 1.807) is 6.21 Å². The molecule has 1 heterocycles. The van der Waals surface area contributed by atoms with Gasteiger partial charge in [0.15, 0.2) is 0 Å². The van der Waals surface area contributed by atoms with Gasteiger partial charge in [-0.2, -0.15) is 5.10 Å². The average molecular weight is 386 g/mol. The summed E-state index contributed by atoms with van der Waals surface area (Å²) in [5, 5.41) is 7.66. The number of aromatic nitrogens is 1. The Kier molecular flexibility index (Phi) is 6.26. The second kappa shape index (κ2) is 8.83. The predicted molar refractivity (Wildman–Crippen MR) is 111 cm³/mol. The number of hydrazone groups is 1. The Balaban J connectivity index is 1.69. The lowest BCUT2D eigenvalue weighted by Crippen LogP contribution is -2.06. The smallest absolute Gasteiger partial charge is 0.203 e. The van der Waals surface area contributed by atoms with Crippen LogP contribution in [0.15, 0.2) is 59.0 Å². The zero-order valence-electron chi connectivity index (χ0n) is 14.6. The number of halogens is 1. The number of nitrogens with zero attached hydrogens (tertiary/aromatic N) is 2. The third kappa shape index (κ3) is 5.07. The molecule has 1 aromatic heterocycles. The van der Waals surface area contributed by atoms with Gasteiger partial charge in [-0.25, -0.2) is 4.98 Å². The Morgan fingerprint density at radius 1 is 1.23 bits per heavy atom. The van der Waals surface area contributed by atoms with E-state index in [1.807, 2.05) is 53.9 Å². The lowest BCUT2D eigenvalue weighted by atomic mass is 10.2. The largest absolute Gasteiger partial charge is 0.493 e. The van der Waals surface area contributed by atoms with Crippen molar-refractivity contribution in [2.45, 2.75) is 13.8 Å². The summed E-state index contributed by atoms with van der Waals surface area (Å²) in [5.74, 6) is 1.21. The van der Waals surface area contributed by atoms with E-state index in [1.165, 1.54) is 11.3 Å². The molecule has 0 spiro atoms. The van der Waals surface area contributed by atoms with E-state index in [-0.39, 0.29) is 0 Å². The molecule has 0 saturated heterocycles. The van der Waals surface area contributed by atoms with E-state index in [2.05, 4.69) is 29.4 Å². The third-order valence-corrected chi connectivity index (χ3v) is 4.46. The molecule has 0 aliphatic carbocycles. The zero-order valence-corrected chi connectivity index (χ0v) is 16.2. The van der Waals surface area contributed by atoms with Gasteiger partial charge in [-0.05, 0) is 24.1 Å². The van der Waals surface area contributed by atoms with Gasteiger partial charge in [0.1, 0.15) is 5.75 Å². The van der Waals surface area contributed by atoms with E-state index in [0.717, 1.165) is 27.7 Å². The molecular weight excluding hydrogens is 366 g/mol. The van der Waals surface area contributed by atoms with Crippen LogP contribution in [0, 0.1) is 5.92 Å². The molecule has 0 bridgehead atoms. The maximum Gasteiger partial charge on any atom is 0.203 e. The van der Waals surface area contributed by atoms with E-state index < -0.39 is 0 Å². The van der Waals surface area contributed by atoms with Crippen LogP contribution < -0.4 is 10.2 Å². The summed E-state index contributed by atoms with van der Waals surface area (Å²) in [5.41, 5.74) is 5.81. The minimum Gasteiger partial charge on any atom is -0.493 e. The molecule has 0 amide bonds. The number of hydrogen-bond acceptors (Lipinski definition) is 5. The first-order chi connectivity index (χ1) is 12.6. The van der Waals surface area contributed by atoms with Gasteiger partial charge in [-0.15, -0.1) is 11.3 Å². The lowest BCUT2D eigenvalue weighted by Gasteiger charge is -2.11. The Labute approximate surface area is 162 Å². The van der Waals surface area contributed by atoms with Crippen molar-refractivity contribution in [1.82, 2.24) is 4.98 Å². The summed E-state index contributed by atoms with van der Waals surface area (Å²) in [6, 6.07) is 15.6. The van der Waals surface area contributed by atoms with Crippen molar-refractivity contribution in [3.05, 3.63) is 64.5 Å². The second-order valence-electron chi connectivity index (χ2n) is 6.16. The Morgan fingerprint density at radius 2 is 2.04 bits per heavy atom. The van der Waals surface area contributed by atoms with Crippen LogP contribution in [0.1, 0.15) is 19.4 Å². The molecular formula is C20H20ClN3OS. The fraction of sp³-hybridized carbons (Fsp3) is 0.200.